The summed E-state index contributed by atoms with van der Waals surface area (Å²) >= 11 is 0. The van der Waals surface area contributed by atoms with Crippen LogP contribution < -0.4 is 14.8 Å². The molecule has 7 nitrogen and oxygen atoms in total. The number of piperazine rings is 1. The minimum Gasteiger partial charge on any atom is -0.497 e. The van der Waals surface area contributed by atoms with Gasteiger partial charge in [0.25, 0.3) is 0 Å². The largest absolute Gasteiger partial charge is 0.497 e. The Morgan fingerprint density at radius 2 is 1.57 bits per heavy atom. The molecule has 1 N–H and O–H groups in total. The molecule has 2 aromatic carbocycles. The number of nitrogens with one attached hydrogen (secondary N) is 1. The van der Waals surface area contributed by atoms with Gasteiger partial charge in [0.2, 0.25) is 11.8 Å². The Bertz CT molecular complexity index is 858. The van der Waals surface area contributed by atoms with Gasteiger partial charge in [0.05, 0.1) is 27.2 Å². The highest BCUT2D eigenvalue weighted by Gasteiger charge is 2.22. The molecule has 8 heteroatoms. The van der Waals surface area contributed by atoms with Crippen molar-refractivity contribution in [1.29, 1.82) is 0 Å². The van der Waals surface area contributed by atoms with E-state index in [2.05, 4.69) is 5.32 Å². The summed E-state index contributed by atoms with van der Waals surface area (Å²) in [4.78, 5) is 28.7. The maximum Gasteiger partial charge on any atom is 0.238 e. The lowest BCUT2D eigenvalue weighted by Crippen LogP contribution is -2.50. The number of methoxy groups -OCH3 is 2. The predicted octanol–water partition coefficient (Wildman–Crippen LogP) is 2.17. The lowest BCUT2D eigenvalue weighted by atomic mass is 10.1. The van der Waals surface area contributed by atoms with Crippen molar-refractivity contribution < 1.29 is 23.5 Å². The van der Waals surface area contributed by atoms with Crippen LogP contribution in [0, 0.1) is 5.82 Å². The number of hydrogen-bond donors (Lipinski definition) is 1. The second-order valence-electron chi connectivity index (χ2n) is 7.11. The summed E-state index contributed by atoms with van der Waals surface area (Å²) in [6.07, 6.45) is 0.248. The molecule has 0 aromatic heterocycles. The van der Waals surface area contributed by atoms with Gasteiger partial charge in [0.15, 0.2) is 0 Å². The van der Waals surface area contributed by atoms with Gasteiger partial charge in [-0.05, 0) is 17.7 Å². The van der Waals surface area contributed by atoms with Crippen LogP contribution in [0.1, 0.15) is 5.56 Å². The molecule has 3 rings (SSSR count). The monoisotopic (exact) mass is 415 g/mol. The molecule has 0 radical (unpaired) electrons. The predicted molar refractivity (Wildman–Crippen MR) is 111 cm³/mol. The Morgan fingerprint density at radius 1 is 0.967 bits per heavy atom. The highest BCUT2D eigenvalue weighted by molar-refractivity contribution is 5.92. The number of carbonyl (C=O) groups is 2. The standard InChI is InChI=1S/C22H26FN3O4/c1-29-19-12-18(13-20(14-19)30-2)24-21(27)15-25-7-9-26(10-8-25)22(28)11-16-3-5-17(23)6-4-16/h3-6,12-14H,7-11,15H2,1-2H3,(H,24,27). The summed E-state index contributed by atoms with van der Waals surface area (Å²) in [5, 5.41) is 2.86. The quantitative estimate of drug-likeness (QED) is 0.751. The maximum absolute atomic E-state index is 13.0. The van der Waals surface area contributed by atoms with Crippen LogP contribution in [0.15, 0.2) is 42.5 Å². The van der Waals surface area contributed by atoms with Gasteiger partial charge >= 0.3 is 0 Å². The topological polar surface area (TPSA) is 71.1 Å². The lowest BCUT2D eigenvalue weighted by Gasteiger charge is -2.34. The smallest absolute Gasteiger partial charge is 0.238 e. The average molecular weight is 415 g/mol. The molecule has 0 bridgehead atoms. The van der Waals surface area contributed by atoms with Crippen LogP contribution in [0.4, 0.5) is 10.1 Å². The van der Waals surface area contributed by atoms with E-state index in [0.29, 0.717) is 43.4 Å². The van der Waals surface area contributed by atoms with Crippen molar-refractivity contribution in [3.8, 4) is 11.5 Å². The zero-order valence-electron chi connectivity index (χ0n) is 17.2. The van der Waals surface area contributed by atoms with E-state index in [1.165, 1.54) is 12.1 Å². The van der Waals surface area contributed by atoms with E-state index in [-0.39, 0.29) is 30.6 Å². The second-order valence-corrected chi connectivity index (χ2v) is 7.11. The van der Waals surface area contributed by atoms with Crippen molar-refractivity contribution in [3.63, 3.8) is 0 Å². The zero-order valence-corrected chi connectivity index (χ0v) is 17.2. The third-order valence-corrected chi connectivity index (χ3v) is 5.00. The summed E-state index contributed by atoms with van der Waals surface area (Å²) in [6.45, 7) is 2.58. The van der Waals surface area contributed by atoms with Crippen LogP contribution in [-0.4, -0.2) is 68.6 Å². The molecule has 0 saturated carbocycles. The number of nitrogens with zero attached hydrogens (tertiary/aromatic N) is 2. The molecule has 1 aliphatic heterocycles. The Morgan fingerprint density at radius 3 is 2.13 bits per heavy atom. The molecule has 1 saturated heterocycles. The van der Waals surface area contributed by atoms with Crippen molar-refractivity contribution in [2.24, 2.45) is 0 Å². The second kappa shape index (κ2) is 10.1. The third-order valence-electron chi connectivity index (χ3n) is 5.00. The van der Waals surface area contributed by atoms with E-state index < -0.39 is 0 Å². The highest BCUT2D eigenvalue weighted by atomic mass is 19.1. The lowest BCUT2D eigenvalue weighted by molar-refractivity contribution is -0.132. The molecule has 0 unspecified atom stereocenters. The number of rotatable bonds is 7. The fourth-order valence-electron chi connectivity index (χ4n) is 3.33. The van der Waals surface area contributed by atoms with E-state index in [4.69, 9.17) is 9.47 Å². The Balaban J connectivity index is 1.46. The molecule has 0 spiro atoms. The van der Waals surface area contributed by atoms with Crippen LogP contribution >= 0.6 is 0 Å². The van der Waals surface area contributed by atoms with Crippen LogP contribution in [0.2, 0.25) is 0 Å². The van der Waals surface area contributed by atoms with Crippen molar-refractivity contribution in [1.82, 2.24) is 9.80 Å². The van der Waals surface area contributed by atoms with Gasteiger partial charge in [0.1, 0.15) is 17.3 Å². The molecule has 0 aliphatic carbocycles. The Kier molecular flexibility index (Phi) is 7.24. The van der Waals surface area contributed by atoms with E-state index >= 15 is 0 Å². The minimum atomic E-state index is -0.314. The van der Waals surface area contributed by atoms with Crippen molar-refractivity contribution in [2.45, 2.75) is 6.42 Å². The van der Waals surface area contributed by atoms with Gasteiger partial charge < -0.3 is 19.7 Å². The van der Waals surface area contributed by atoms with E-state index in [0.717, 1.165) is 5.56 Å². The molecule has 2 amide bonds. The first-order chi connectivity index (χ1) is 14.5. The van der Waals surface area contributed by atoms with Gasteiger partial charge in [-0.3, -0.25) is 14.5 Å². The molecular formula is C22H26FN3O4. The number of halogens is 1. The molecule has 1 fully saturated rings. The number of ether oxygens (including phenoxy) is 2. The third kappa shape index (κ3) is 5.93. The average Bonchev–Trinajstić information content (AvgIpc) is 2.75. The fraction of sp³-hybridized carbons (Fsp3) is 0.364. The van der Waals surface area contributed by atoms with Crippen LogP contribution in [0.25, 0.3) is 0 Å². The van der Waals surface area contributed by atoms with Crippen molar-refractivity contribution >= 4 is 17.5 Å². The Hall–Kier alpha value is -3.13. The number of benzene rings is 2. The maximum atomic E-state index is 13.0. The molecule has 0 atom stereocenters. The molecule has 1 heterocycles. The molecule has 1 aliphatic rings. The minimum absolute atomic E-state index is 0.00850. The van der Waals surface area contributed by atoms with Gasteiger partial charge in [-0.15, -0.1) is 0 Å². The van der Waals surface area contributed by atoms with E-state index in [1.807, 2.05) is 4.90 Å². The van der Waals surface area contributed by atoms with E-state index in [1.54, 1.807) is 49.5 Å². The fourth-order valence-corrected chi connectivity index (χ4v) is 3.33. The highest BCUT2D eigenvalue weighted by Crippen LogP contribution is 2.25. The normalized spacial score (nSPS) is 14.3. The summed E-state index contributed by atoms with van der Waals surface area (Å²) in [5.41, 5.74) is 1.39. The van der Waals surface area contributed by atoms with Gasteiger partial charge in [-0.1, -0.05) is 12.1 Å². The first-order valence-electron chi connectivity index (χ1n) is 9.74. The molecular weight excluding hydrogens is 389 g/mol. The number of carbonyl (C=O) groups excluding carboxylic acids is 2. The first kappa shape index (κ1) is 21.6. The SMILES string of the molecule is COc1cc(NC(=O)CN2CCN(C(=O)Cc3ccc(F)cc3)CC2)cc(OC)c1. The summed E-state index contributed by atoms with van der Waals surface area (Å²) in [7, 11) is 3.11. The van der Waals surface area contributed by atoms with Gasteiger partial charge in [-0.2, -0.15) is 0 Å². The summed E-state index contributed by atoms with van der Waals surface area (Å²) < 4.78 is 23.4. The summed E-state index contributed by atoms with van der Waals surface area (Å²) in [6, 6.07) is 11.2. The van der Waals surface area contributed by atoms with E-state index in [9.17, 15) is 14.0 Å². The van der Waals surface area contributed by atoms with Crippen LogP contribution in [-0.2, 0) is 16.0 Å². The van der Waals surface area contributed by atoms with Crippen molar-refractivity contribution in [2.75, 3.05) is 52.3 Å². The van der Waals surface area contributed by atoms with Crippen LogP contribution in [0.3, 0.4) is 0 Å². The molecule has 30 heavy (non-hydrogen) atoms. The summed E-state index contributed by atoms with van der Waals surface area (Å²) in [5.74, 6) is 0.743. The van der Waals surface area contributed by atoms with Crippen molar-refractivity contribution in [3.05, 3.63) is 53.8 Å². The first-order valence-corrected chi connectivity index (χ1v) is 9.74. The number of amides is 2. The molecule has 2 aromatic rings. The number of hydrogen-bond acceptors (Lipinski definition) is 5. The van der Waals surface area contributed by atoms with Gasteiger partial charge in [0, 0.05) is 50.1 Å². The van der Waals surface area contributed by atoms with Crippen LogP contribution in [0.5, 0.6) is 11.5 Å². The van der Waals surface area contributed by atoms with Gasteiger partial charge in [-0.25, -0.2) is 4.39 Å². The number of anilines is 1. The zero-order chi connectivity index (χ0) is 21.5. The Labute approximate surface area is 175 Å². The molecule has 160 valence electrons.